The number of rotatable bonds is 9. The van der Waals surface area contributed by atoms with E-state index in [2.05, 4.69) is 16.0 Å². The van der Waals surface area contributed by atoms with Gasteiger partial charge in [0, 0.05) is 42.1 Å². The lowest BCUT2D eigenvalue weighted by atomic mass is 10.1. The molecule has 3 aromatic rings. The van der Waals surface area contributed by atoms with Crippen molar-refractivity contribution in [3.8, 4) is 0 Å². The van der Waals surface area contributed by atoms with Crippen molar-refractivity contribution in [3.05, 3.63) is 90.0 Å². The minimum Gasteiger partial charge on any atom is -0.376 e. The molecule has 0 radical (unpaired) electrons. The van der Waals surface area contributed by atoms with Gasteiger partial charge < -0.3 is 20.9 Å². The summed E-state index contributed by atoms with van der Waals surface area (Å²) >= 11 is 0. The fourth-order valence-electron chi connectivity index (χ4n) is 3.22. The molecule has 0 aliphatic carbocycles. The second-order valence-corrected chi connectivity index (χ2v) is 8.35. The Kier molecular flexibility index (Phi) is 8.40. The zero-order valence-electron chi connectivity index (χ0n) is 19.7. The Bertz CT molecular complexity index is 1130. The maximum absolute atomic E-state index is 12.8. The Morgan fingerprint density at radius 3 is 2.09 bits per heavy atom. The third-order valence-corrected chi connectivity index (χ3v) is 5.13. The first kappa shape index (κ1) is 24.5. The summed E-state index contributed by atoms with van der Waals surface area (Å²) in [6.07, 6.45) is 0. The number of nitrogens with one attached hydrogen (secondary N) is 3. The molecule has 0 saturated carbocycles. The lowest BCUT2D eigenvalue weighted by Crippen LogP contribution is -2.26. The monoisotopic (exact) mass is 458 g/mol. The van der Waals surface area contributed by atoms with Crippen LogP contribution in [0.4, 0.5) is 17.1 Å². The standard InChI is InChI=1S/C27H30N4O3/c1-19(2)26(33)30-23-14-12-22(13-15-23)29-25(32)17-28-24-11-7-10-21(16-24)27(34)31(3)18-20-8-5-4-6-9-20/h4-16,19,28H,17-18H2,1-3H3,(H,29,32)(H,30,33). The van der Waals surface area contributed by atoms with Crippen molar-refractivity contribution in [3.63, 3.8) is 0 Å². The second kappa shape index (κ2) is 11.7. The summed E-state index contributed by atoms with van der Waals surface area (Å²) in [6.45, 7) is 4.21. The van der Waals surface area contributed by atoms with Gasteiger partial charge in [-0.05, 0) is 48.0 Å². The number of carbonyl (C=O) groups excluding carboxylic acids is 3. The van der Waals surface area contributed by atoms with Gasteiger partial charge in [0.2, 0.25) is 11.8 Å². The van der Waals surface area contributed by atoms with Crippen LogP contribution in [-0.2, 0) is 16.1 Å². The van der Waals surface area contributed by atoms with Crippen LogP contribution in [0.15, 0.2) is 78.9 Å². The molecule has 0 heterocycles. The van der Waals surface area contributed by atoms with Gasteiger partial charge >= 0.3 is 0 Å². The number of hydrogen-bond acceptors (Lipinski definition) is 4. The van der Waals surface area contributed by atoms with Crippen molar-refractivity contribution in [2.75, 3.05) is 29.5 Å². The Hall–Kier alpha value is -4.13. The number of nitrogens with zero attached hydrogens (tertiary/aromatic N) is 1. The maximum atomic E-state index is 12.8. The van der Waals surface area contributed by atoms with E-state index in [4.69, 9.17) is 0 Å². The minimum atomic E-state index is -0.225. The molecule has 0 aliphatic heterocycles. The highest BCUT2D eigenvalue weighted by Crippen LogP contribution is 2.16. The molecule has 0 aliphatic rings. The Labute approximate surface area is 200 Å². The summed E-state index contributed by atoms with van der Waals surface area (Å²) in [5.74, 6) is -0.491. The highest BCUT2D eigenvalue weighted by Gasteiger charge is 2.13. The average Bonchev–Trinajstić information content (AvgIpc) is 2.84. The van der Waals surface area contributed by atoms with Crippen LogP contribution in [0.2, 0.25) is 0 Å². The highest BCUT2D eigenvalue weighted by atomic mass is 16.2. The number of amides is 3. The molecule has 0 spiro atoms. The molecule has 3 N–H and O–H groups in total. The van der Waals surface area contributed by atoms with Gasteiger partial charge in [-0.25, -0.2) is 0 Å². The van der Waals surface area contributed by atoms with E-state index in [-0.39, 0.29) is 30.2 Å². The van der Waals surface area contributed by atoms with Gasteiger partial charge in [-0.2, -0.15) is 0 Å². The summed E-state index contributed by atoms with van der Waals surface area (Å²) < 4.78 is 0. The molecule has 0 fully saturated rings. The first-order valence-corrected chi connectivity index (χ1v) is 11.2. The van der Waals surface area contributed by atoms with Gasteiger partial charge in [-0.15, -0.1) is 0 Å². The van der Waals surface area contributed by atoms with Crippen LogP contribution < -0.4 is 16.0 Å². The first-order chi connectivity index (χ1) is 16.3. The molecular weight excluding hydrogens is 428 g/mol. The van der Waals surface area contributed by atoms with E-state index in [1.807, 2.05) is 50.2 Å². The van der Waals surface area contributed by atoms with E-state index in [0.29, 0.717) is 29.2 Å². The van der Waals surface area contributed by atoms with E-state index >= 15 is 0 Å². The highest BCUT2D eigenvalue weighted by molar-refractivity contribution is 5.96. The van der Waals surface area contributed by atoms with Gasteiger partial charge in [0.15, 0.2) is 0 Å². The molecule has 7 nitrogen and oxygen atoms in total. The summed E-state index contributed by atoms with van der Waals surface area (Å²) in [5, 5.41) is 8.68. The molecule has 0 atom stereocenters. The van der Waals surface area contributed by atoms with Gasteiger partial charge in [0.25, 0.3) is 5.91 Å². The normalized spacial score (nSPS) is 10.5. The van der Waals surface area contributed by atoms with E-state index in [1.54, 1.807) is 54.4 Å². The summed E-state index contributed by atoms with van der Waals surface area (Å²) in [6, 6.07) is 23.8. The van der Waals surface area contributed by atoms with E-state index in [9.17, 15) is 14.4 Å². The molecule has 3 amide bonds. The summed E-state index contributed by atoms with van der Waals surface area (Å²) in [5.41, 5.74) is 3.58. The molecule has 0 saturated heterocycles. The molecule has 0 aromatic heterocycles. The Morgan fingerprint density at radius 2 is 1.44 bits per heavy atom. The maximum Gasteiger partial charge on any atom is 0.253 e. The lowest BCUT2D eigenvalue weighted by Gasteiger charge is -2.18. The third-order valence-electron chi connectivity index (χ3n) is 5.13. The zero-order valence-corrected chi connectivity index (χ0v) is 19.7. The van der Waals surface area contributed by atoms with Crippen LogP contribution in [0, 0.1) is 5.92 Å². The molecule has 7 heteroatoms. The van der Waals surface area contributed by atoms with Crippen molar-refractivity contribution >= 4 is 34.8 Å². The second-order valence-electron chi connectivity index (χ2n) is 8.35. The van der Waals surface area contributed by atoms with Crippen LogP contribution in [0.1, 0.15) is 29.8 Å². The number of carbonyl (C=O) groups is 3. The fraction of sp³-hybridized carbons (Fsp3) is 0.222. The van der Waals surface area contributed by atoms with Gasteiger partial charge in [0.05, 0.1) is 6.54 Å². The van der Waals surface area contributed by atoms with Crippen LogP contribution in [0.25, 0.3) is 0 Å². The number of benzene rings is 3. The largest absolute Gasteiger partial charge is 0.376 e. The van der Waals surface area contributed by atoms with Crippen molar-refractivity contribution in [2.24, 2.45) is 5.92 Å². The zero-order chi connectivity index (χ0) is 24.5. The third kappa shape index (κ3) is 7.20. The van der Waals surface area contributed by atoms with Crippen LogP contribution >= 0.6 is 0 Å². The van der Waals surface area contributed by atoms with Crippen molar-refractivity contribution in [2.45, 2.75) is 20.4 Å². The van der Waals surface area contributed by atoms with E-state index in [1.165, 1.54) is 0 Å². The molecule has 3 aromatic carbocycles. The quantitative estimate of drug-likeness (QED) is 0.437. The van der Waals surface area contributed by atoms with E-state index < -0.39 is 0 Å². The summed E-state index contributed by atoms with van der Waals surface area (Å²) in [7, 11) is 1.77. The van der Waals surface area contributed by atoms with Crippen molar-refractivity contribution < 1.29 is 14.4 Å². The Balaban J connectivity index is 1.51. The predicted molar refractivity (Wildman–Crippen MR) is 136 cm³/mol. The van der Waals surface area contributed by atoms with Crippen molar-refractivity contribution in [1.29, 1.82) is 0 Å². The average molecular weight is 459 g/mol. The van der Waals surface area contributed by atoms with Crippen LogP contribution in [0.3, 0.4) is 0 Å². The molecule has 176 valence electrons. The topological polar surface area (TPSA) is 90.5 Å². The Morgan fingerprint density at radius 1 is 0.794 bits per heavy atom. The lowest BCUT2D eigenvalue weighted by molar-refractivity contribution is -0.119. The number of hydrogen-bond donors (Lipinski definition) is 3. The van der Waals surface area contributed by atoms with Gasteiger partial charge in [-0.1, -0.05) is 50.2 Å². The molecule has 34 heavy (non-hydrogen) atoms. The number of anilines is 3. The summed E-state index contributed by atoms with van der Waals surface area (Å²) in [4.78, 5) is 38.6. The minimum absolute atomic E-state index is 0.0450. The van der Waals surface area contributed by atoms with Crippen LogP contribution in [-0.4, -0.2) is 36.2 Å². The van der Waals surface area contributed by atoms with E-state index in [0.717, 1.165) is 5.56 Å². The van der Waals surface area contributed by atoms with Gasteiger partial charge in [0.1, 0.15) is 0 Å². The molecular formula is C27H30N4O3. The first-order valence-electron chi connectivity index (χ1n) is 11.2. The predicted octanol–water partition coefficient (Wildman–Crippen LogP) is 4.60. The SMILES string of the molecule is CC(C)C(=O)Nc1ccc(NC(=O)CNc2cccc(C(=O)N(C)Cc3ccccc3)c2)cc1. The van der Waals surface area contributed by atoms with Crippen molar-refractivity contribution in [1.82, 2.24) is 4.90 Å². The smallest absolute Gasteiger partial charge is 0.253 e. The fourth-order valence-corrected chi connectivity index (χ4v) is 3.22. The molecule has 3 rings (SSSR count). The van der Waals surface area contributed by atoms with Crippen LogP contribution in [0.5, 0.6) is 0 Å². The van der Waals surface area contributed by atoms with Gasteiger partial charge in [-0.3, -0.25) is 14.4 Å². The molecule has 0 bridgehead atoms. The molecule has 0 unspecified atom stereocenters.